The molecule has 0 radical (unpaired) electrons. The van der Waals surface area contributed by atoms with Gasteiger partial charge in [0.2, 0.25) is 0 Å². The van der Waals surface area contributed by atoms with E-state index in [1.54, 1.807) is 14.2 Å². The van der Waals surface area contributed by atoms with Crippen LogP contribution in [0.15, 0.2) is 18.2 Å². The second-order valence-corrected chi connectivity index (χ2v) is 5.23. The van der Waals surface area contributed by atoms with Crippen molar-refractivity contribution in [1.82, 2.24) is 14.8 Å². The SMILES string of the molecule is COc1cccc(-c2nnc3n2CC(CN)CC3)c1OC. The number of nitrogens with two attached hydrogens (primary N) is 1. The summed E-state index contributed by atoms with van der Waals surface area (Å²) < 4.78 is 13.0. The minimum absolute atomic E-state index is 0.476. The fourth-order valence-corrected chi connectivity index (χ4v) is 2.85. The van der Waals surface area contributed by atoms with E-state index in [0.717, 1.165) is 36.6 Å². The van der Waals surface area contributed by atoms with Gasteiger partial charge in [-0.15, -0.1) is 10.2 Å². The van der Waals surface area contributed by atoms with Gasteiger partial charge in [0, 0.05) is 13.0 Å². The molecule has 6 nitrogen and oxygen atoms in total. The third-order valence-electron chi connectivity index (χ3n) is 4.02. The van der Waals surface area contributed by atoms with E-state index in [1.165, 1.54) is 0 Å². The summed E-state index contributed by atoms with van der Waals surface area (Å²) in [6.45, 7) is 1.54. The van der Waals surface area contributed by atoms with Gasteiger partial charge >= 0.3 is 0 Å². The van der Waals surface area contributed by atoms with Gasteiger partial charge in [0.15, 0.2) is 17.3 Å². The average molecular weight is 288 g/mol. The van der Waals surface area contributed by atoms with Crippen molar-refractivity contribution in [2.45, 2.75) is 19.4 Å². The predicted molar refractivity (Wildman–Crippen MR) is 79.4 cm³/mol. The van der Waals surface area contributed by atoms with Gasteiger partial charge in [0.05, 0.1) is 19.8 Å². The molecule has 2 heterocycles. The lowest BCUT2D eigenvalue weighted by molar-refractivity contribution is 0.354. The van der Waals surface area contributed by atoms with E-state index in [2.05, 4.69) is 14.8 Å². The zero-order chi connectivity index (χ0) is 14.8. The first-order valence-electron chi connectivity index (χ1n) is 7.12. The van der Waals surface area contributed by atoms with Crippen LogP contribution in [0.3, 0.4) is 0 Å². The monoisotopic (exact) mass is 288 g/mol. The van der Waals surface area contributed by atoms with Crippen LogP contribution in [0.25, 0.3) is 11.4 Å². The highest BCUT2D eigenvalue weighted by Crippen LogP contribution is 2.38. The molecule has 112 valence electrons. The Bertz CT molecular complexity index is 639. The molecular weight excluding hydrogens is 268 g/mol. The lowest BCUT2D eigenvalue weighted by atomic mass is 9.99. The maximum atomic E-state index is 5.82. The van der Waals surface area contributed by atoms with Crippen LogP contribution in [-0.4, -0.2) is 35.5 Å². The van der Waals surface area contributed by atoms with Crippen molar-refractivity contribution in [3.05, 3.63) is 24.0 Å². The summed E-state index contributed by atoms with van der Waals surface area (Å²) in [5.41, 5.74) is 6.72. The lowest BCUT2D eigenvalue weighted by Gasteiger charge is -2.23. The highest BCUT2D eigenvalue weighted by molar-refractivity contribution is 5.69. The molecule has 0 spiro atoms. The van der Waals surface area contributed by atoms with E-state index >= 15 is 0 Å². The van der Waals surface area contributed by atoms with Crippen LogP contribution in [-0.2, 0) is 13.0 Å². The Morgan fingerprint density at radius 1 is 1.29 bits per heavy atom. The molecule has 3 rings (SSSR count). The molecule has 1 aliphatic rings. The number of hydrogen-bond donors (Lipinski definition) is 1. The summed E-state index contributed by atoms with van der Waals surface area (Å²) in [7, 11) is 3.27. The first-order chi connectivity index (χ1) is 10.3. The Balaban J connectivity index is 2.08. The topological polar surface area (TPSA) is 75.2 Å². The number of fused-ring (bicyclic) bond motifs is 1. The number of aromatic nitrogens is 3. The number of ether oxygens (including phenoxy) is 2. The van der Waals surface area contributed by atoms with Crippen molar-refractivity contribution < 1.29 is 9.47 Å². The van der Waals surface area contributed by atoms with Gasteiger partial charge in [0.25, 0.3) is 0 Å². The number of nitrogens with zero attached hydrogens (tertiary/aromatic N) is 3. The van der Waals surface area contributed by atoms with Crippen molar-refractivity contribution in [2.24, 2.45) is 11.7 Å². The van der Waals surface area contributed by atoms with E-state index in [4.69, 9.17) is 15.2 Å². The van der Waals surface area contributed by atoms with E-state index in [9.17, 15) is 0 Å². The summed E-state index contributed by atoms with van der Waals surface area (Å²) in [5.74, 6) is 3.69. The second-order valence-electron chi connectivity index (χ2n) is 5.23. The van der Waals surface area contributed by atoms with Crippen LogP contribution in [0.4, 0.5) is 0 Å². The Labute approximate surface area is 123 Å². The highest BCUT2D eigenvalue weighted by Gasteiger charge is 2.24. The Morgan fingerprint density at radius 3 is 2.86 bits per heavy atom. The van der Waals surface area contributed by atoms with E-state index < -0.39 is 0 Å². The van der Waals surface area contributed by atoms with Gasteiger partial charge in [0.1, 0.15) is 5.82 Å². The largest absolute Gasteiger partial charge is 0.493 e. The lowest BCUT2D eigenvalue weighted by Crippen LogP contribution is -2.26. The number of benzene rings is 1. The van der Waals surface area contributed by atoms with E-state index in [-0.39, 0.29) is 0 Å². The van der Waals surface area contributed by atoms with Gasteiger partial charge in [-0.1, -0.05) is 6.07 Å². The molecule has 0 amide bonds. The number of para-hydroxylation sites is 1. The van der Waals surface area contributed by atoms with Crippen LogP contribution in [0.2, 0.25) is 0 Å². The van der Waals surface area contributed by atoms with E-state index in [1.807, 2.05) is 18.2 Å². The molecule has 0 saturated carbocycles. The molecular formula is C15H20N4O2. The Hall–Kier alpha value is -2.08. The number of hydrogen-bond acceptors (Lipinski definition) is 5. The molecule has 0 aliphatic carbocycles. The molecule has 0 bridgehead atoms. The maximum Gasteiger partial charge on any atom is 0.171 e. The number of rotatable bonds is 4. The summed E-state index contributed by atoms with van der Waals surface area (Å²) >= 11 is 0. The van der Waals surface area contributed by atoms with E-state index in [0.29, 0.717) is 24.0 Å². The van der Waals surface area contributed by atoms with Crippen LogP contribution < -0.4 is 15.2 Å². The van der Waals surface area contributed by atoms with Crippen molar-refractivity contribution >= 4 is 0 Å². The standard InChI is InChI=1S/C15H20N4O2/c1-20-12-5-3-4-11(14(12)21-2)15-18-17-13-7-6-10(8-16)9-19(13)15/h3-5,10H,6-9,16H2,1-2H3. The van der Waals surface area contributed by atoms with Crippen LogP contribution in [0.5, 0.6) is 11.5 Å². The number of aryl methyl sites for hydroxylation is 1. The molecule has 2 N–H and O–H groups in total. The van der Waals surface area contributed by atoms with Crippen molar-refractivity contribution in [2.75, 3.05) is 20.8 Å². The molecule has 1 unspecified atom stereocenters. The zero-order valence-corrected chi connectivity index (χ0v) is 12.4. The van der Waals surface area contributed by atoms with Crippen LogP contribution in [0, 0.1) is 5.92 Å². The minimum Gasteiger partial charge on any atom is -0.493 e. The fourth-order valence-electron chi connectivity index (χ4n) is 2.85. The van der Waals surface area contributed by atoms with Crippen LogP contribution in [0.1, 0.15) is 12.2 Å². The third-order valence-corrected chi connectivity index (χ3v) is 4.02. The fraction of sp³-hybridized carbons (Fsp3) is 0.467. The minimum atomic E-state index is 0.476. The van der Waals surface area contributed by atoms with Gasteiger partial charge in [-0.2, -0.15) is 0 Å². The van der Waals surface area contributed by atoms with Gasteiger partial charge in [-0.3, -0.25) is 0 Å². The van der Waals surface area contributed by atoms with Gasteiger partial charge in [-0.25, -0.2) is 0 Å². The molecule has 0 saturated heterocycles. The Morgan fingerprint density at radius 2 is 2.14 bits per heavy atom. The second kappa shape index (κ2) is 5.73. The Kier molecular flexibility index (Phi) is 3.79. The normalized spacial score (nSPS) is 17.4. The predicted octanol–water partition coefficient (Wildman–Crippen LogP) is 1.48. The first kappa shape index (κ1) is 13.9. The smallest absolute Gasteiger partial charge is 0.171 e. The summed E-state index contributed by atoms with van der Waals surface area (Å²) in [6, 6.07) is 5.78. The van der Waals surface area contributed by atoms with Gasteiger partial charge < -0.3 is 19.8 Å². The zero-order valence-electron chi connectivity index (χ0n) is 12.4. The molecule has 1 aromatic carbocycles. The summed E-state index contributed by atoms with van der Waals surface area (Å²) in [5, 5.41) is 8.67. The molecule has 1 atom stereocenters. The van der Waals surface area contributed by atoms with Crippen molar-refractivity contribution in [3.8, 4) is 22.9 Å². The molecule has 0 fully saturated rings. The molecule has 2 aromatic rings. The first-order valence-corrected chi connectivity index (χ1v) is 7.12. The quantitative estimate of drug-likeness (QED) is 0.922. The molecule has 1 aromatic heterocycles. The third kappa shape index (κ3) is 2.35. The number of methoxy groups -OCH3 is 2. The molecule has 1 aliphatic heterocycles. The summed E-state index contributed by atoms with van der Waals surface area (Å²) in [6.07, 6.45) is 1.99. The highest BCUT2D eigenvalue weighted by atomic mass is 16.5. The van der Waals surface area contributed by atoms with Crippen molar-refractivity contribution in [3.63, 3.8) is 0 Å². The molecule has 21 heavy (non-hydrogen) atoms. The van der Waals surface area contributed by atoms with Crippen molar-refractivity contribution in [1.29, 1.82) is 0 Å². The summed E-state index contributed by atoms with van der Waals surface area (Å²) in [4.78, 5) is 0. The van der Waals surface area contributed by atoms with Crippen LogP contribution >= 0.6 is 0 Å². The molecule has 6 heteroatoms. The maximum absolute atomic E-state index is 5.82. The van der Waals surface area contributed by atoms with Gasteiger partial charge in [-0.05, 0) is 31.0 Å². The average Bonchev–Trinajstić information content (AvgIpc) is 2.96.